The zero-order valence-electron chi connectivity index (χ0n) is 9.93. The van der Waals surface area contributed by atoms with Gasteiger partial charge in [0.2, 0.25) is 0 Å². The molecule has 1 saturated carbocycles. The first-order valence-corrected chi connectivity index (χ1v) is 6.04. The van der Waals surface area contributed by atoms with Crippen LogP contribution >= 0.6 is 0 Å². The highest BCUT2D eigenvalue weighted by Gasteiger charge is 2.20. The van der Waals surface area contributed by atoms with Crippen LogP contribution in [0.15, 0.2) is 12.1 Å². The molecule has 0 aliphatic heterocycles. The molecule has 1 aliphatic rings. The molecule has 3 N–H and O–H groups in total. The molecule has 1 aliphatic carbocycles. The normalized spacial score (nSPS) is 16.4. The SMILES string of the molecule is O=C(OC1CCCCC1)c1cc(O)c(O)c(O)c1. The second-order valence-electron chi connectivity index (χ2n) is 4.53. The molecule has 1 fully saturated rings. The number of carbonyl (C=O) groups excluding carboxylic acids is 1. The Labute approximate surface area is 105 Å². The van der Waals surface area contributed by atoms with Crippen molar-refractivity contribution in [3.05, 3.63) is 17.7 Å². The molecule has 18 heavy (non-hydrogen) atoms. The average molecular weight is 252 g/mol. The summed E-state index contributed by atoms with van der Waals surface area (Å²) >= 11 is 0. The van der Waals surface area contributed by atoms with Crippen LogP contribution in [-0.2, 0) is 4.74 Å². The van der Waals surface area contributed by atoms with E-state index in [-0.39, 0.29) is 11.7 Å². The number of phenols is 3. The maximum atomic E-state index is 11.8. The Morgan fingerprint density at radius 1 is 1.06 bits per heavy atom. The second-order valence-corrected chi connectivity index (χ2v) is 4.53. The van der Waals surface area contributed by atoms with E-state index in [1.54, 1.807) is 0 Å². The van der Waals surface area contributed by atoms with Crippen molar-refractivity contribution < 1.29 is 24.9 Å². The van der Waals surface area contributed by atoms with Crippen molar-refractivity contribution in [2.45, 2.75) is 38.2 Å². The van der Waals surface area contributed by atoms with Crippen molar-refractivity contribution in [2.24, 2.45) is 0 Å². The van der Waals surface area contributed by atoms with E-state index in [1.165, 1.54) is 0 Å². The number of hydrogen-bond donors (Lipinski definition) is 3. The first kappa shape index (κ1) is 12.5. The molecule has 98 valence electrons. The van der Waals surface area contributed by atoms with Gasteiger partial charge in [0.25, 0.3) is 0 Å². The van der Waals surface area contributed by atoms with Gasteiger partial charge in [-0.1, -0.05) is 6.42 Å². The topological polar surface area (TPSA) is 87.0 Å². The van der Waals surface area contributed by atoms with Crippen LogP contribution in [0, 0.1) is 0 Å². The van der Waals surface area contributed by atoms with Gasteiger partial charge in [0.05, 0.1) is 5.56 Å². The van der Waals surface area contributed by atoms with Gasteiger partial charge in [-0.25, -0.2) is 4.79 Å². The minimum absolute atomic E-state index is 0.0355. The molecule has 0 saturated heterocycles. The predicted octanol–water partition coefficient (Wildman–Crippen LogP) is 2.29. The van der Waals surface area contributed by atoms with Crippen molar-refractivity contribution in [1.82, 2.24) is 0 Å². The Morgan fingerprint density at radius 3 is 2.17 bits per heavy atom. The van der Waals surface area contributed by atoms with Crippen LogP contribution in [0.2, 0.25) is 0 Å². The molecule has 1 aromatic rings. The molecular formula is C13H16O5. The van der Waals surface area contributed by atoms with E-state index < -0.39 is 23.2 Å². The lowest BCUT2D eigenvalue weighted by Gasteiger charge is -2.21. The van der Waals surface area contributed by atoms with E-state index in [9.17, 15) is 20.1 Å². The van der Waals surface area contributed by atoms with E-state index >= 15 is 0 Å². The number of esters is 1. The summed E-state index contributed by atoms with van der Waals surface area (Å²) in [6, 6.07) is 2.17. The van der Waals surface area contributed by atoms with Crippen LogP contribution < -0.4 is 0 Å². The molecule has 2 rings (SSSR count). The quantitative estimate of drug-likeness (QED) is 0.555. The fourth-order valence-electron chi connectivity index (χ4n) is 2.12. The van der Waals surface area contributed by atoms with Crippen molar-refractivity contribution in [3.8, 4) is 17.2 Å². The van der Waals surface area contributed by atoms with Crippen LogP contribution in [0.5, 0.6) is 17.2 Å². The average Bonchev–Trinajstić information content (AvgIpc) is 2.36. The molecule has 1 aromatic carbocycles. The Hall–Kier alpha value is -1.91. The summed E-state index contributed by atoms with van der Waals surface area (Å²) in [5.74, 6) is -2.30. The van der Waals surface area contributed by atoms with E-state index in [0.29, 0.717) is 0 Å². The summed E-state index contributed by atoms with van der Waals surface area (Å²) in [7, 11) is 0. The minimum Gasteiger partial charge on any atom is -0.504 e. The third-order valence-electron chi connectivity index (χ3n) is 3.13. The van der Waals surface area contributed by atoms with Gasteiger partial charge in [0, 0.05) is 0 Å². The lowest BCUT2D eigenvalue weighted by molar-refractivity contribution is 0.0210. The summed E-state index contributed by atoms with van der Waals surface area (Å²) < 4.78 is 5.28. The van der Waals surface area contributed by atoms with Gasteiger partial charge in [-0.15, -0.1) is 0 Å². The first-order chi connectivity index (χ1) is 8.58. The van der Waals surface area contributed by atoms with Gasteiger partial charge < -0.3 is 20.1 Å². The Balaban J connectivity index is 2.08. The van der Waals surface area contributed by atoms with E-state index in [4.69, 9.17) is 4.74 Å². The lowest BCUT2D eigenvalue weighted by atomic mass is 9.98. The number of benzene rings is 1. The van der Waals surface area contributed by atoms with Crippen LogP contribution in [0.3, 0.4) is 0 Å². The lowest BCUT2D eigenvalue weighted by Crippen LogP contribution is -2.20. The van der Waals surface area contributed by atoms with E-state index in [2.05, 4.69) is 0 Å². The summed E-state index contributed by atoms with van der Waals surface area (Å²) in [5.41, 5.74) is 0.0355. The van der Waals surface area contributed by atoms with Gasteiger partial charge in [-0.2, -0.15) is 0 Å². The van der Waals surface area contributed by atoms with Crippen molar-refractivity contribution in [3.63, 3.8) is 0 Å². The standard InChI is InChI=1S/C13H16O5/c14-10-6-8(7-11(15)12(10)16)13(17)18-9-4-2-1-3-5-9/h6-7,9,14-16H,1-5H2. The molecule has 0 aromatic heterocycles. The smallest absolute Gasteiger partial charge is 0.338 e. The molecule has 0 amide bonds. The molecule has 5 nitrogen and oxygen atoms in total. The van der Waals surface area contributed by atoms with E-state index in [0.717, 1.165) is 44.2 Å². The first-order valence-electron chi connectivity index (χ1n) is 6.04. The van der Waals surface area contributed by atoms with Crippen LogP contribution in [0.25, 0.3) is 0 Å². The highest BCUT2D eigenvalue weighted by Crippen LogP contribution is 2.35. The summed E-state index contributed by atoms with van der Waals surface area (Å²) in [6.07, 6.45) is 4.86. The molecular weight excluding hydrogens is 236 g/mol. The zero-order valence-corrected chi connectivity index (χ0v) is 9.93. The van der Waals surface area contributed by atoms with Gasteiger partial charge >= 0.3 is 5.97 Å². The third kappa shape index (κ3) is 2.67. The number of phenolic OH excluding ortho intramolecular Hbond substituents is 3. The zero-order chi connectivity index (χ0) is 13.1. The largest absolute Gasteiger partial charge is 0.504 e. The molecule has 0 atom stereocenters. The van der Waals surface area contributed by atoms with Gasteiger partial charge in [-0.3, -0.25) is 0 Å². The Kier molecular flexibility index (Phi) is 3.60. The fraction of sp³-hybridized carbons (Fsp3) is 0.462. The molecule has 0 bridgehead atoms. The Bertz CT molecular complexity index is 426. The fourth-order valence-corrected chi connectivity index (χ4v) is 2.12. The van der Waals surface area contributed by atoms with Crippen molar-refractivity contribution in [1.29, 1.82) is 0 Å². The van der Waals surface area contributed by atoms with Gasteiger partial charge in [0.15, 0.2) is 17.2 Å². The highest BCUT2D eigenvalue weighted by molar-refractivity contribution is 5.91. The summed E-state index contributed by atoms with van der Waals surface area (Å²) in [6.45, 7) is 0. The molecule has 0 spiro atoms. The third-order valence-corrected chi connectivity index (χ3v) is 3.13. The number of hydrogen-bond acceptors (Lipinski definition) is 5. The second kappa shape index (κ2) is 5.16. The number of ether oxygens (including phenoxy) is 1. The Morgan fingerprint density at radius 2 is 1.61 bits per heavy atom. The van der Waals surface area contributed by atoms with Gasteiger partial charge in [0.1, 0.15) is 6.10 Å². The molecule has 5 heteroatoms. The maximum Gasteiger partial charge on any atom is 0.338 e. The van der Waals surface area contributed by atoms with E-state index in [1.807, 2.05) is 0 Å². The molecule has 0 radical (unpaired) electrons. The minimum atomic E-state index is -0.635. The van der Waals surface area contributed by atoms with Crippen molar-refractivity contribution >= 4 is 5.97 Å². The predicted molar refractivity (Wildman–Crippen MR) is 63.7 cm³/mol. The highest BCUT2D eigenvalue weighted by atomic mass is 16.5. The number of carbonyl (C=O) groups is 1. The monoisotopic (exact) mass is 252 g/mol. The summed E-state index contributed by atoms with van der Waals surface area (Å²) in [4.78, 5) is 11.8. The van der Waals surface area contributed by atoms with Gasteiger partial charge in [-0.05, 0) is 37.8 Å². The molecule has 0 heterocycles. The number of rotatable bonds is 2. The van der Waals surface area contributed by atoms with Crippen LogP contribution in [-0.4, -0.2) is 27.4 Å². The maximum absolute atomic E-state index is 11.8. The van der Waals surface area contributed by atoms with Crippen LogP contribution in [0.4, 0.5) is 0 Å². The molecule has 0 unspecified atom stereocenters. The van der Waals surface area contributed by atoms with Crippen LogP contribution in [0.1, 0.15) is 42.5 Å². The number of aromatic hydroxyl groups is 3. The summed E-state index contributed by atoms with van der Waals surface area (Å²) in [5, 5.41) is 27.8. The van der Waals surface area contributed by atoms with Crippen molar-refractivity contribution in [2.75, 3.05) is 0 Å².